The van der Waals surface area contributed by atoms with E-state index in [1.807, 2.05) is 0 Å². The van der Waals surface area contributed by atoms with Crippen molar-refractivity contribution in [3.05, 3.63) is 30.1 Å². The number of carbonyl (C=O) groups is 1. The van der Waals surface area contributed by atoms with Crippen molar-refractivity contribution in [2.75, 3.05) is 13.1 Å². The fourth-order valence-corrected chi connectivity index (χ4v) is 2.15. The number of aliphatic carboxylic acids is 1. The highest BCUT2D eigenvalue weighted by Crippen LogP contribution is 2.33. The maximum absolute atomic E-state index is 11.4. The van der Waals surface area contributed by atoms with Gasteiger partial charge >= 0.3 is 5.97 Å². The van der Waals surface area contributed by atoms with Crippen LogP contribution < -0.4 is 5.32 Å². The van der Waals surface area contributed by atoms with Crippen LogP contribution in [0.2, 0.25) is 0 Å². The van der Waals surface area contributed by atoms with E-state index in [0.717, 1.165) is 18.7 Å². The second-order valence-corrected chi connectivity index (χ2v) is 3.87. The van der Waals surface area contributed by atoms with Gasteiger partial charge < -0.3 is 10.4 Å². The van der Waals surface area contributed by atoms with Gasteiger partial charge in [0, 0.05) is 12.4 Å². The molecule has 1 aliphatic heterocycles. The van der Waals surface area contributed by atoms with E-state index in [9.17, 15) is 9.90 Å². The first-order valence-electron chi connectivity index (χ1n) is 5.10. The second-order valence-electron chi connectivity index (χ2n) is 3.87. The molecule has 4 nitrogen and oxygen atoms in total. The highest BCUT2D eigenvalue weighted by molar-refractivity contribution is 5.85. The van der Waals surface area contributed by atoms with Crippen LogP contribution in [0.15, 0.2) is 24.5 Å². The Hall–Kier alpha value is -1.13. The molecule has 0 saturated carbocycles. The quantitative estimate of drug-likeness (QED) is 0.818. The van der Waals surface area contributed by atoms with Crippen LogP contribution in [0.4, 0.5) is 0 Å². The third kappa shape index (κ3) is 2.18. The molecule has 0 aromatic carbocycles. The van der Waals surface area contributed by atoms with Gasteiger partial charge in [0.25, 0.3) is 0 Å². The SMILES string of the molecule is Cl.O=C(O)C1(c2ccncc2)CCNCC1. The fourth-order valence-electron chi connectivity index (χ4n) is 2.15. The number of piperidine rings is 1. The Kier molecular flexibility index (Phi) is 4.26. The molecule has 0 aliphatic carbocycles. The third-order valence-electron chi connectivity index (χ3n) is 3.10. The molecule has 0 amide bonds. The summed E-state index contributed by atoms with van der Waals surface area (Å²) in [5.74, 6) is -0.727. The van der Waals surface area contributed by atoms with E-state index in [4.69, 9.17) is 0 Å². The molecule has 5 heteroatoms. The van der Waals surface area contributed by atoms with E-state index in [2.05, 4.69) is 10.3 Å². The number of carboxylic acids is 1. The zero-order chi connectivity index (χ0) is 10.7. The second kappa shape index (κ2) is 5.27. The first kappa shape index (κ1) is 12.9. The molecule has 1 saturated heterocycles. The summed E-state index contributed by atoms with van der Waals surface area (Å²) in [5.41, 5.74) is 0.153. The minimum absolute atomic E-state index is 0. The van der Waals surface area contributed by atoms with Crippen LogP contribution in [0.25, 0.3) is 0 Å². The molecular weight excluding hydrogens is 228 g/mol. The Morgan fingerprint density at radius 2 is 1.88 bits per heavy atom. The van der Waals surface area contributed by atoms with Gasteiger partial charge in [-0.1, -0.05) is 0 Å². The van der Waals surface area contributed by atoms with E-state index in [1.165, 1.54) is 0 Å². The molecule has 2 rings (SSSR count). The lowest BCUT2D eigenvalue weighted by molar-refractivity contribution is -0.145. The zero-order valence-corrected chi connectivity index (χ0v) is 9.67. The Bertz CT molecular complexity index is 350. The number of aromatic nitrogens is 1. The summed E-state index contributed by atoms with van der Waals surface area (Å²) in [6, 6.07) is 3.61. The maximum atomic E-state index is 11.4. The van der Waals surface area contributed by atoms with Crippen LogP contribution in [-0.4, -0.2) is 29.1 Å². The van der Waals surface area contributed by atoms with Gasteiger partial charge in [0.15, 0.2) is 0 Å². The predicted molar refractivity (Wildman–Crippen MR) is 62.9 cm³/mol. The van der Waals surface area contributed by atoms with Gasteiger partial charge in [-0.05, 0) is 43.6 Å². The first-order chi connectivity index (χ1) is 7.26. The number of rotatable bonds is 2. The van der Waals surface area contributed by atoms with Gasteiger partial charge in [0.1, 0.15) is 0 Å². The van der Waals surface area contributed by atoms with E-state index in [0.29, 0.717) is 12.8 Å². The van der Waals surface area contributed by atoms with Crippen LogP contribution in [0.1, 0.15) is 18.4 Å². The summed E-state index contributed by atoms with van der Waals surface area (Å²) in [5, 5.41) is 12.6. The topological polar surface area (TPSA) is 62.2 Å². The number of carboxylic acid groups (broad SMARTS) is 1. The molecule has 1 aromatic rings. The van der Waals surface area contributed by atoms with Crippen molar-refractivity contribution < 1.29 is 9.90 Å². The third-order valence-corrected chi connectivity index (χ3v) is 3.10. The van der Waals surface area contributed by atoms with Gasteiger partial charge in [-0.25, -0.2) is 0 Å². The van der Waals surface area contributed by atoms with Crippen molar-refractivity contribution in [1.82, 2.24) is 10.3 Å². The molecule has 0 bridgehead atoms. The lowest BCUT2D eigenvalue weighted by atomic mass is 9.73. The lowest BCUT2D eigenvalue weighted by Gasteiger charge is -2.33. The van der Waals surface area contributed by atoms with Crippen LogP contribution in [0.5, 0.6) is 0 Å². The molecule has 1 aliphatic rings. The Morgan fingerprint density at radius 3 is 2.38 bits per heavy atom. The standard InChI is InChI=1S/C11H14N2O2.ClH/c14-10(15)11(3-7-13-8-4-11)9-1-5-12-6-2-9;/h1-2,5-6,13H,3-4,7-8H2,(H,14,15);1H. The minimum atomic E-state index is -0.727. The van der Waals surface area contributed by atoms with Crippen molar-refractivity contribution in [3.63, 3.8) is 0 Å². The van der Waals surface area contributed by atoms with Crippen molar-refractivity contribution >= 4 is 18.4 Å². The molecule has 88 valence electrons. The Balaban J connectivity index is 0.00000128. The summed E-state index contributed by atoms with van der Waals surface area (Å²) in [6.07, 6.45) is 4.60. The van der Waals surface area contributed by atoms with Crippen molar-refractivity contribution in [1.29, 1.82) is 0 Å². The van der Waals surface area contributed by atoms with E-state index in [1.54, 1.807) is 24.5 Å². The maximum Gasteiger partial charge on any atom is 0.314 e. The Labute approximate surface area is 100 Å². The molecule has 2 heterocycles. The number of nitrogens with zero attached hydrogens (tertiary/aromatic N) is 1. The molecule has 0 spiro atoms. The summed E-state index contributed by atoms with van der Waals surface area (Å²) in [6.45, 7) is 1.52. The molecular formula is C11H15ClN2O2. The van der Waals surface area contributed by atoms with Gasteiger partial charge in [-0.15, -0.1) is 12.4 Å². The number of hydrogen-bond donors (Lipinski definition) is 2. The summed E-state index contributed by atoms with van der Waals surface area (Å²) >= 11 is 0. The minimum Gasteiger partial charge on any atom is -0.481 e. The van der Waals surface area contributed by atoms with Gasteiger partial charge in [-0.2, -0.15) is 0 Å². The molecule has 1 fully saturated rings. The van der Waals surface area contributed by atoms with Crippen LogP contribution in [0, 0.1) is 0 Å². The molecule has 0 radical (unpaired) electrons. The highest BCUT2D eigenvalue weighted by Gasteiger charge is 2.41. The first-order valence-corrected chi connectivity index (χ1v) is 5.10. The molecule has 0 unspecified atom stereocenters. The van der Waals surface area contributed by atoms with Crippen LogP contribution in [0.3, 0.4) is 0 Å². The van der Waals surface area contributed by atoms with Crippen molar-refractivity contribution in [3.8, 4) is 0 Å². The Morgan fingerprint density at radius 1 is 1.31 bits per heavy atom. The van der Waals surface area contributed by atoms with E-state index in [-0.39, 0.29) is 12.4 Å². The number of nitrogens with one attached hydrogen (secondary N) is 1. The molecule has 2 N–H and O–H groups in total. The largest absolute Gasteiger partial charge is 0.481 e. The number of hydrogen-bond acceptors (Lipinski definition) is 3. The smallest absolute Gasteiger partial charge is 0.314 e. The highest BCUT2D eigenvalue weighted by atomic mass is 35.5. The monoisotopic (exact) mass is 242 g/mol. The molecule has 0 atom stereocenters. The van der Waals surface area contributed by atoms with Crippen LogP contribution in [-0.2, 0) is 10.2 Å². The number of halogens is 1. The average molecular weight is 243 g/mol. The fraction of sp³-hybridized carbons (Fsp3) is 0.455. The van der Waals surface area contributed by atoms with Crippen LogP contribution >= 0.6 is 12.4 Å². The zero-order valence-electron chi connectivity index (χ0n) is 8.85. The summed E-state index contributed by atoms with van der Waals surface area (Å²) in [4.78, 5) is 15.4. The van der Waals surface area contributed by atoms with E-state index < -0.39 is 11.4 Å². The van der Waals surface area contributed by atoms with Gasteiger partial charge in [0.05, 0.1) is 5.41 Å². The summed E-state index contributed by atoms with van der Waals surface area (Å²) < 4.78 is 0. The lowest BCUT2D eigenvalue weighted by Crippen LogP contribution is -2.45. The van der Waals surface area contributed by atoms with Gasteiger partial charge in [0.2, 0.25) is 0 Å². The van der Waals surface area contributed by atoms with Crippen molar-refractivity contribution in [2.45, 2.75) is 18.3 Å². The molecule has 16 heavy (non-hydrogen) atoms. The predicted octanol–water partition coefficient (Wildman–Crippen LogP) is 1.21. The average Bonchev–Trinajstić information content (AvgIpc) is 2.31. The summed E-state index contributed by atoms with van der Waals surface area (Å²) in [7, 11) is 0. The normalized spacial score (nSPS) is 18.5. The van der Waals surface area contributed by atoms with E-state index >= 15 is 0 Å². The van der Waals surface area contributed by atoms with Gasteiger partial charge in [-0.3, -0.25) is 9.78 Å². The number of pyridine rings is 1. The van der Waals surface area contributed by atoms with Crippen molar-refractivity contribution in [2.24, 2.45) is 0 Å². The molecule has 1 aromatic heterocycles.